The maximum absolute atomic E-state index is 12.7. The maximum atomic E-state index is 12.7. The van der Waals surface area contributed by atoms with Crippen molar-refractivity contribution in [1.29, 1.82) is 0 Å². The van der Waals surface area contributed by atoms with Gasteiger partial charge in [0.25, 0.3) is 0 Å². The number of rotatable bonds is 1. The Morgan fingerprint density at radius 1 is 1.20 bits per heavy atom. The van der Waals surface area contributed by atoms with Crippen LogP contribution in [0, 0.1) is 24.1 Å². The predicted octanol–water partition coefficient (Wildman–Crippen LogP) is 2.68. The molecule has 1 nitrogen and oxygen atoms in total. The standard InChI is InChI=1S/C13H14FN/c1-2-11-7-9-15(10-8-11)13-5-3-12(14)4-6-13/h1,3-6,11H,7-10H2. The first-order chi connectivity index (χ1) is 7.29. The molecule has 2 heteroatoms. The van der Waals surface area contributed by atoms with E-state index >= 15 is 0 Å². The highest BCUT2D eigenvalue weighted by Gasteiger charge is 2.17. The Morgan fingerprint density at radius 2 is 1.80 bits per heavy atom. The van der Waals surface area contributed by atoms with E-state index in [1.165, 1.54) is 12.1 Å². The van der Waals surface area contributed by atoms with Crippen LogP contribution in [-0.4, -0.2) is 13.1 Å². The normalized spacial score (nSPS) is 17.5. The lowest BCUT2D eigenvalue weighted by Crippen LogP contribution is -2.33. The second kappa shape index (κ2) is 4.35. The average Bonchev–Trinajstić information content (AvgIpc) is 2.30. The molecule has 0 bridgehead atoms. The summed E-state index contributed by atoms with van der Waals surface area (Å²) >= 11 is 0. The molecule has 0 radical (unpaired) electrons. The fourth-order valence-corrected chi connectivity index (χ4v) is 1.96. The molecule has 0 unspecified atom stereocenters. The fourth-order valence-electron chi connectivity index (χ4n) is 1.96. The molecule has 78 valence electrons. The molecule has 0 amide bonds. The molecule has 0 spiro atoms. The highest BCUT2D eigenvalue weighted by molar-refractivity contribution is 5.46. The van der Waals surface area contributed by atoms with Crippen LogP contribution in [-0.2, 0) is 0 Å². The van der Waals surface area contributed by atoms with Gasteiger partial charge in [0.1, 0.15) is 5.82 Å². The molecule has 1 fully saturated rings. The van der Waals surface area contributed by atoms with Gasteiger partial charge in [-0.15, -0.1) is 12.3 Å². The van der Waals surface area contributed by atoms with Crippen LogP contribution in [0.3, 0.4) is 0 Å². The van der Waals surface area contributed by atoms with Gasteiger partial charge in [0.2, 0.25) is 0 Å². The van der Waals surface area contributed by atoms with Crippen molar-refractivity contribution in [2.24, 2.45) is 5.92 Å². The lowest BCUT2D eigenvalue weighted by Gasteiger charge is -2.31. The fraction of sp³-hybridized carbons (Fsp3) is 0.385. The van der Waals surface area contributed by atoms with Crippen molar-refractivity contribution in [3.05, 3.63) is 30.1 Å². The van der Waals surface area contributed by atoms with Gasteiger partial charge < -0.3 is 4.90 Å². The molecule has 0 N–H and O–H groups in total. The third kappa shape index (κ3) is 2.30. The molecule has 0 saturated carbocycles. The smallest absolute Gasteiger partial charge is 0.123 e. The van der Waals surface area contributed by atoms with Crippen molar-refractivity contribution in [3.63, 3.8) is 0 Å². The Morgan fingerprint density at radius 3 is 2.33 bits per heavy atom. The van der Waals surface area contributed by atoms with Crippen LogP contribution in [0.25, 0.3) is 0 Å². The van der Waals surface area contributed by atoms with Crippen molar-refractivity contribution < 1.29 is 4.39 Å². The third-order valence-corrected chi connectivity index (χ3v) is 2.92. The van der Waals surface area contributed by atoms with Gasteiger partial charge in [-0.2, -0.15) is 0 Å². The van der Waals surface area contributed by atoms with Crippen LogP contribution < -0.4 is 4.90 Å². The molecule has 2 rings (SSSR count). The Hall–Kier alpha value is -1.49. The Labute approximate surface area is 89.9 Å². The first-order valence-electron chi connectivity index (χ1n) is 5.26. The van der Waals surface area contributed by atoms with Crippen LogP contribution in [0.2, 0.25) is 0 Å². The molecule has 1 heterocycles. The van der Waals surface area contributed by atoms with E-state index in [-0.39, 0.29) is 5.82 Å². The number of hydrogen-bond acceptors (Lipinski definition) is 1. The minimum absolute atomic E-state index is 0.183. The summed E-state index contributed by atoms with van der Waals surface area (Å²) in [6.45, 7) is 1.95. The minimum atomic E-state index is -0.183. The highest BCUT2D eigenvalue weighted by Crippen LogP contribution is 2.22. The van der Waals surface area contributed by atoms with E-state index in [4.69, 9.17) is 6.42 Å². The largest absolute Gasteiger partial charge is 0.371 e. The summed E-state index contributed by atoms with van der Waals surface area (Å²) in [5, 5.41) is 0. The molecule has 0 aliphatic carbocycles. The highest BCUT2D eigenvalue weighted by atomic mass is 19.1. The Bertz CT molecular complexity index is 355. The lowest BCUT2D eigenvalue weighted by atomic mass is 9.97. The number of piperidine rings is 1. The number of terminal acetylenes is 1. The summed E-state index contributed by atoms with van der Waals surface area (Å²) in [4.78, 5) is 2.26. The van der Waals surface area contributed by atoms with Crippen LogP contribution in [0.4, 0.5) is 10.1 Å². The number of nitrogens with zero attached hydrogens (tertiary/aromatic N) is 1. The van der Waals surface area contributed by atoms with E-state index in [0.29, 0.717) is 5.92 Å². The summed E-state index contributed by atoms with van der Waals surface area (Å²) < 4.78 is 12.7. The van der Waals surface area contributed by atoms with Crippen molar-refractivity contribution in [1.82, 2.24) is 0 Å². The van der Waals surface area contributed by atoms with Gasteiger partial charge in [-0.05, 0) is 37.1 Å². The van der Waals surface area contributed by atoms with E-state index < -0.39 is 0 Å². The van der Waals surface area contributed by atoms with Crippen molar-refractivity contribution in [2.45, 2.75) is 12.8 Å². The average molecular weight is 203 g/mol. The zero-order valence-electron chi connectivity index (χ0n) is 8.62. The molecule has 1 aliphatic heterocycles. The van der Waals surface area contributed by atoms with Crippen molar-refractivity contribution in [2.75, 3.05) is 18.0 Å². The van der Waals surface area contributed by atoms with Gasteiger partial charge in [0.05, 0.1) is 0 Å². The zero-order valence-corrected chi connectivity index (χ0v) is 8.62. The summed E-state index contributed by atoms with van der Waals surface area (Å²) in [6, 6.07) is 6.66. The van der Waals surface area contributed by atoms with Gasteiger partial charge in [-0.1, -0.05) is 0 Å². The second-order valence-corrected chi connectivity index (χ2v) is 3.90. The van der Waals surface area contributed by atoms with E-state index in [9.17, 15) is 4.39 Å². The van der Waals surface area contributed by atoms with Crippen LogP contribution in [0.1, 0.15) is 12.8 Å². The van der Waals surface area contributed by atoms with Crippen molar-refractivity contribution >= 4 is 5.69 Å². The Kier molecular flexibility index (Phi) is 2.91. The van der Waals surface area contributed by atoms with E-state index in [1.54, 1.807) is 0 Å². The van der Waals surface area contributed by atoms with Gasteiger partial charge in [0.15, 0.2) is 0 Å². The topological polar surface area (TPSA) is 3.24 Å². The van der Waals surface area contributed by atoms with E-state index in [2.05, 4.69) is 10.8 Å². The SMILES string of the molecule is C#CC1CCN(c2ccc(F)cc2)CC1. The van der Waals surface area contributed by atoms with Gasteiger partial charge in [-0.25, -0.2) is 4.39 Å². The molecular weight excluding hydrogens is 189 g/mol. The van der Waals surface area contributed by atoms with E-state index in [0.717, 1.165) is 31.6 Å². The maximum Gasteiger partial charge on any atom is 0.123 e. The van der Waals surface area contributed by atoms with Gasteiger partial charge >= 0.3 is 0 Å². The molecule has 1 saturated heterocycles. The minimum Gasteiger partial charge on any atom is -0.371 e. The number of benzene rings is 1. The molecule has 1 aliphatic rings. The molecule has 0 aromatic heterocycles. The van der Waals surface area contributed by atoms with Gasteiger partial charge in [-0.3, -0.25) is 0 Å². The third-order valence-electron chi connectivity index (χ3n) is 2.92. The molecule has 0 atom stereocenters. The van der Waals surface area contributed by atoms with Gasteiger partial charge in [0, 0.05) is 24.7 Å². The van der Waals surface area contributed by atoms with Crippen molar-refractivity contribution in [3.8, 4) is 12.3 Å². The summed E-state index contributed by atoms with van der Waals surface area (Å²) in [5.74, 6) is 3.03. The predicted molar refractivity (Wildman–Crippen MR) is 60.2 cm³/mol. The van der Waals surface area contributed by atoms with Crippen LogP contribution in [0.15, 0.2) is 24.3 Å². The Balaban J connectivity index is 2.02. The first kappa shape index (κ1) is 10.0. The number of anilines is 1. The summed E-state index contributed by atoms with van der Waals surface area (Å²) in [7, 11) is 0. The molecule has 1 aromatic carbocycles. The first-order valence-corrected chi connectivity index (χ1v) is 5.26. The zero-order chi connectivity index (χ0) is 10.7. The summed E-state index contributed by atoms with van der Waals surface area (Å²) in [5.41, 5.74) is 1.09. The number of hydrogen-bond donors (Lipinski definition) is 0. The van der Waals surface area contributed by atoms with Crippen LogP contribution in [0.5, 0.6) is 0 Å². The quantitative estimate of drug-likeness (QED) is 0.634. The monoisotopic (exact) mass is 203 g/mol. The number of halogens is 1. The summed E-state index contributed by atoms with van der Waals surface area (Å²) in [6.07, 6.45) is 7.46. The lowest BCUT2D eigenvalue weighted by molar-refractivity contribution is 0.492. The second-order valence-electron chi connectivity index (χ2n) is 3.90. The molecule has 1 aromatic rings. The molecule has 15 heavy (non-hydrogen) atoms. The van der Waals surface area contributed by atoms with Crippen LogP contribution >= 0.6 is 0 Å². The molecular formula is C13H14FN. The van der Waals surface area contributed by atoms with E-state index in [1.807, 2.05) is 12.1 Å².